The maximum Gasteiger partial charge on any atom is 0.0324 e. The van der Waals surface area contributed by atoms with Gasteiger partial charge in [0.05, 0.1) is 0 Å². The van der Waals surface area contributed by atoms with Crippen molar-refractivity contribution >= 4 is 0 Å². The fourth-order valence-corrected chi connectivity index (χ4v) is 1.35. The average molecular weight is 165 g/mol. The molecule has 0 fully saturated rings. The Bertz CT molecular complexity index is 201. The van der Waals surface area contributed by atoms with Crippen LogP contribution in [0.2, 0.25) is 0 Å². The van der Waals surface area contributed by atoms with Crippen molar-refractivity contribution in [2.24, 2.45) is 5.92 Å². The van der Waals surface area contributed by atoms with Gasteiger partial charge in [-0.25, -0.2) is 0 Å². The summed E-state index contributed by atoms with van der Waals surface area (Å²) in [7, 11) is 2.15. The topological polar surface area (TPSA) is 3.24 Å². The highest BCUT2D eigenvalue weighted by molar-refractivity contribution is 5.22. The average Bonchev–Trinajstić information content (AvgIpc) is 2.03. The van der Waals surface area contributed by atoms with Gasteiger partial charge in [-0.3, -0.25) is 0 Å². The van der Waals surface area contributed by atoms with E-state index in [0.717, 1.165) is 0 Å². The van der Waals surface area contributed by atoms with Gasteiger partial charge < -0.3 is 4.90 Å². The van der Waals surface area contributed by atoms with Crippen molar-refractivity contribution in [1.82, 2.24) is 4.90 Å². The lowest BCUT2D eigenvalue weighted by Gasteiger charge is -2.27. The Morgan fingerprint density at radius 3 is 2.67 bits per heavy atom. The van der Waals surface area contributed by atoms with E-state index in [9.17, 15) is 0 Å². The molecule has 0 saturated heterocycles. The minimum absolute atomic E-state index is 0.589. The molecule has 1 aliphatic rings. The molecule has 0 saturated carbocycles. The van der Waals surface area contributed by atoms with Crippen LogP contribution in [0.15, 0.2) is 23.9 Å². The maximum atomic E-state index is 2.35. The van der Waals surface area contributed by atoms with Crippen LogP contribution in [-0.2, 0) is 0 Å². The van der Waals surface area contributed by atoms with Crippen molar-refractivity contribution in [3.05, 3.63) is 23.9 Å². The lowest BCUT2D eigenvalue weighted by atomic mass is 10.0. The molecule has 0 bridgehead atoms. The maximum absolute atomic E-state index is 2.35. The summed E-state index contributed by atoms with van der Waals surface area (Å²) < 4.78 is 0. The summed E-state index contributed by atoms with van der Waals surface area (Å²) in [5.74, 6) is 0.700. The zero-order valence-electron chi connectivity index (χ0n) is 8.54. The summed E-state index contributed by atoms with van der Waals surface area (Å²) in [6.07, 6.45) is 8.02. The highest BCUT2D eigenvalue weighted by Gasteiger charge is 2.09. The van der Waals surface area contributed by atoms with Crippen molar-refractivity contribution in [2.45, 2.75) is 33.2 Å². The van der Waals surface area contributed by atoms with Crippen LogP contribution in [0.4, 0.5) is 0 Å². The molecule has 0 aromatic carbocycles. The molecule has 1 unspecified atom stereocenters. The van der Waals surface area contributed by atoms with Crippen molar-refractivity contribution in [1.29, 1.82) is 0 Å². The Labute approximate surface area is 75.8 Å². The molecule has 1 nitrogen and oxygen atoms in total. The number of likely N-dealkylation sites (N-methyl/N-ethyl adjacent to an activating group) is 1. The van der Waals surface area contributed by atoms with Gasteiger partial charge in [0.15, 0.2) is 0 Å². The molecule has 0 aromatic rings. The molecule has 0 radical (unpaired) electrons. The number of hydrogen-bond acceptors (Lipinski definition) is 1. The van der Waals surface area contributed by atoms with Crippen molar-refractivity contribution in [3.8, 4) is 0 Å². The van der Waals surface area contributed by atoms with Crippen LogP contribution in [0.25, 0.3) is 0 Å². The Balaban J connectivity index is 2.68. The zero-order valence-corrected chi connectivity index (χ0v) is 8.54. The molecule has 0 aromatic heterocycles. The van der Waals surface area contributed by atoms with E-state index in [4.69, 9.17) is 0 Å². The molecule has 1 rings (SSSR count). The molecule has 12 heavy (non-hydrogen) atoms. The van der Waals surface area contributed by atoms with Gasteiger partial charge in [0.25, 0.3) is 0 Å². The monoisotopic (exact) mass is 165 g/mol. The van der Waals surface area contributed by atoms with E-state index in [0.29, 0.717) is 12.0 Å². The van der Waals surface area contributed by atoms with Crippen LogP contribution in [0.3, 0.4) is 0 Å². The predicted molar refractivity (Wildman–Crippen MR) is 53.9 cm³/mol. The van der Waals surface area contributed by atoms with Crippen LogP contribution in [-0.4, -0.2) is 18.0 Å². The van der Waals surface area contributed by atoms with Crippen LogP contribution in [0, 0.1) is 5.92 Å². The number of rotatable bonds is 2. The Kier molecular flexibility index (Phi) is 2.96. The van der Waals surface area contributed by atoms with Crippen LogP contribution < -0.4 is 0 Å². The first kappa shape index (κ1) is 9.37. The normalized spacial score (nSPS) is 22.8. The molecule has 68 valence electrons. The van der Waals surface area contributed by atoms with Gasteiger partial charge in [0.1, 0.15) is 0 Å². The summed E-state index contributed by atoms with van der Waals surface area (Å²) >= 11 is 0. The van der Waals surface area contributed by atoms with Gasteiger partial charge in [0.2, 0.25) is 0 Å². The predicted octanol–water partition coefficient (Wildman–Crippen LogP) is 2.81. The molecule has 1 aliphatic carbocycles. The number of allylic oxidation sites excluding steroid dienone is 3. The van der Waals surface area contributed by atoms with Crippen LogP contribution in [0.5, 0.6) is 0 Å². The fourth-order valence-electron chi connectivity index (χ4n) is 1.35. The van der Waals surface area contributed by atoms with Gasteiger partial charge in [-0.05, 0) is 32.3 Å². The Hall–Kier alpha value is -0.720. The number of nitrogens with zero attached hydrogens (tertiary/aromatic N) is 1. The molecule has 0 N–H and O–H groups in total. The first-order chi connectivity index (χ1) is 5.61. The van der Waals surface area contributed by atoms with E-state index in [-0.39, 0.29) is 0 Å². The van der Waals surface area contributed by atoms with Gasteiger partial charge >= 0.3 is 0 Å². The molecule has 0 aliphatic heterocycles. The second-order valence-corrected chi connectivity index (χ2v) is 3.91. The smallest absolute Gasteiger partial charge is 0.0324 e. The third kappa shape index (κ3) is 2.13. The van der Waals surface area contributed by atoms with E-state index < -0.39 is 0 Å². The standard InChI is InChI=1S/C11H19N/c1-9(2)12(4)11-7-5-6-10(3)8-11/h5,7-10H,6H2,1-4H3. The van der Waals surface area contributed by atoms with Crippen molar-refractivity contribution in [2.75, 3.05) is 7.05 Å². The molecule has 1 heteroatoms. The summed E-state index contributed by atoms with van der Waals surface area (Å²) in [6.45, 7) is 6.69. The van der Waals surface area contributed by atoms with E-state index in [2.05, 4.69) is 50.9 Å². The molecule has 0 amide bonds. The largest absolute Gasteiger partial charge is 0.372 e. The molecule has 0 spiro atoms. The summed E-state index contributed by atoms with van der Waals surface area (Å²) in [5.41, 5.74) is 1.36. The van der Waals surface area contributed by atoms with E-state index in [1.165, 1.54) is 12.1 Å². The lowest BCUT2D eigenvalue weighted by Crippen LogP contribution is -2.25. The Morgan fingerprint density at radius 1 is 1.50 bits per heavy atom. The van der Waals surface area contributed by atoms with Crippen LogP contribution >= 0.6 is 0 Å². The molecular weight excluding hydrogens is 146 g/mol. The van der Waals surface area contributed by atoms with E-state index in [1.54, 1.807) is 0 Å². The van der Waals surface area contributed by atoms with Crippen LogP contribution in [0.1, 0.15) is 27.2 Å². The number of hydrogen-bond donors (Lipinski definition) is 0. The van der Waals surface area contributed by atoms with Gasteiger partial charge in [0, 0.05) is 18.8 Å². The molecular formula is C11H19N. The zero-order chi connectivity index (χ0) is 9.14. The third-order valence-electron chi connectivity index (χ3n) is 2.43. The minimum Gasteiger partial charge on any atom is -0.372 e. The lowest BCUT2D eigenvalue weighted by molar-refractivity contribution is 0.349. The SMILES string of the molecule is CC1C=C(N(C)C(C)C)C=CC1. The highest BCUT2D eigenvalue weighted by Crippen LogP contribution is 2.19. The highest BCUT2D eigenvalue weighted by atomic mass is 15.1. The van der Waals surface area contributed by atoms with Crippen molar-refractivity contribution in [3.63, 3.8) is 0 Å². The van der Waals surface area contributed by atoms with Gasteiger partial charge in [-0.15, -0.1) is 0 Å². The van der Waals surface area contributed by atoms with Gasteiger partial charge in [-0.1, -0.05) is 19.1 Å². The third-order valence-corrected chi connectivity index (χ3v) is 2.43. The first-order valence-corrected chi connectivity index (χ1v) is 4.72. The molecule has 0 heterocycles. The Morgan fingerprint density at radius 2 is 2.17 bits per heavy atom. The molecule has 1 atom stereocenters. The first-order valence-electron chi connectivity index (χ1n) is 4.72. The summed E-state index contributed by atoms with van der Waals surface area (Å²) in [6, 6.07) is 0.589. The quantitative estimate of drug-likeness (QED) is 0.608. The summed E-state index contributed by atoms with van der Waals surface area (Å²) in [4.78, 5) is 2.31. The minimum atomic E-state index is 0.589. The second-order valence-electron chi connectivity index (χ2n) is 3.91. The fraction of sp³-hybridized carbons (Fsp3) is 0.636. The van der Waals surface area contributed by atoms with Gasteiger partial charge in [-0.2, -0.15) is 0 Å². The van der Waals surface area contributed by atoms with E-state index in [1.807, 2.05) is 0 Å². The van der Waals surface area contributed by atoms with Crippen molar-refractivity contribution < 1.29 is 0 Å². The summed E-state index contributed by atoms with van der Waals surface area (Å²) in [5, 5.41) is 0. The second kappa shape index (κ2) is 3.79. The van der Waals surface area contributed by atoms with E-state index >= 15 is 0 Å².